The van der Waals surface area contributed by atoms with Gasteiger partial charge < -0.3 is 20.7 Å². The summed E-state index contributed by atoms with van der Waals surface area (Å²) in [5.41, 5.74) is 2.42. The molecule has 8 nitrogen and oxygen atoms in total. The largest absolute Gasteiger partial charge is 0.463 e. The molecule has 0 saturated heterocycles. The number of amides is 4. The maximum atomic E-state index is 12.7. The van der Waals surface area contributed by atoms with Gasteiger partial charge in [-0.3, -0.25) is 4.90 Å². The van der Waals surface area contributed by atoms with Gasteiger partial charge in [0.15, 0.2) is 0 Å². The topological polar surface area (TPSA) is 99.8 Å². The summed E-state index contributed by atoms with van der Waals surface area (Å²) in [6.07, 6.45) is 0.743. The first kappa shape index (κ1) is 25.4. The first-order chi connectivity index (χ1) is 16.3. The molecule has 180 valence electrons. The van der Waals surface area contributed by atoms with Crippen LogP contribution in [0.3, 0.4) is 0 Å². The third kappa shape index (κ3) is 5.63. The molecule has 0 radical (unpaired) electrons. The minimum absolute atomic E-state index is 0.220. The maximum absolute atomic E-state index is 12.7. The standard InChI is InChI=1S/C24H26Cl2N4O4/c1-4-13-30-14(3)19(22(31)34-5-2)20(29-24(30)33)15-9-11-16(12-10-15)27-23(32)28-21-17(25)7-6-8-18(21)26/h6-12,20H,4-5,13H2,1-3H3,(H,29,33)(H2,27,28,32). The molecule has 3 N–H and O–H groups in total. The van der Waals surface area contributed by atoms with Crippen molar-refractivity contribution in [2.24, 2.45) is 0 Å². The first-order valence-electron chi connectivity index (χ1n) is 10.8. The first-order valence-corrected chi connectivity index (χ1v) is 11.6. The molecule has 1 aliphatic heterocycles. The van der Waals surface area contributed by atoms with Crippen LogP contribution in [0, 0.1) is 0 Å². The van der Waals surface area contributed by atoms with Crippen LogP contribution in [0.4, 0.5) is 21.0 Å². The van der Waals surface area contributed by atoms with Gasteiger partial charge in [0.05, 0.1) is 34.0 Å². The van der Waals surface area contributed by atoms with E-state index in [9.17, 15) is 14.4 Å². The number of halogens is 2. The third-order valence-electron chi connectivity index (χ3n) is 5.24. The molecular formula is C24H26Cl2N4O4. The highest BCUT2D eigenvalue weighted by molar-refractivity contribution is 6.39. The van der Waals surface area contributed by atoms with Gasteiger partial charge in [-0.25, -0.2) is 14.4 Å². The SMILES string of the molecule is CCCN1C(=O)NC(c2ccc(NC(=O)Nc3c(Cl)cccc3Cl)cc2)C(C(=O)OCC)=C1C. The lowest BCUT2D eigenvalue weighted by atomic mass is 9.94. The number of rotatable bonds is 7. The fraction of sp³-hybridized carbons (Fsp3) is 0.292. The molecular weight excluding hydrogens is 479 g/mol. The molecule has 2 aromatic carbocycles. The van der Waals surface area contributed by atoms with Crippen molar-refractivity contribution < 1.29 is 19.1 Å². The number of benzene rings is 2. The van der Waals surface area contributed by atoms with Crippen molar-refractivity contribution in [1.29, 1.82) is 0 Å². The summed E-state index contributed by atoms with van der Waals surface area (Å²) >= 11 is 12.2. The Labute approximate surface area is 208 Å². The van der Waals surface area contributed by atoms with Crippen molar-refractivity contribution >= 4 is 52.6 Å². The van der Waals surface area contributed by atoms with Crippen molar-refractivity contribution in [2.75, 3.05) is 23.8 Å². The van der Waals surface area contributed by atoms with Gasteiger partial charge in [0.2, 0.25) is 0 Å². The number of hydrogen-bond donors (Lipinski definition) is 3. The zero-order valence-corrected chi connectivity index (χ0v) is 20.6. The smallest absolute Gasteiger partial charge is 0.338 e. The summed E-state index contributed by atoms with van der Waals surface area (Å²) in [6, 6.07) is 10.2. The van der Waals surface area contributed by atoms with Gasteiger partial charge in [-0.05, 0) is 50.1 Å². The molecule has 0 aliphatic carbocycles. The fourth-order valence-corrected chi connectivity index (χ4v) is 4.14. The predicted molar refractivity (Wildman–Crippen MR) is 133 cm³/mol. The number of ether oxygens (including phenoxy) is 1. The summed E-state index contributed by atoms with van der Waals surface area (Å²) in [6.45, 7) is 6.14. The van der Waals surface area contributed by atoms with Crippen LogP contribution in [0.1, 0.15) is 38.8 Å². The minimum atomic E-state index is -0.676. The number of urea groups is 2. The number of esters is 1. The monoisotopic (exact) mass is 504 g/mol. The van der Waals surface area contributed by atoms with E-state index >= 15 is 0 Å². The average molecular weight is 505 g/mol. The zero-order valence-electron chi connectivity index (χ0n) is 19.1. The Balaban J connectivity index is 1.81. The second kappa shape index (κ2) is 11.3. The molecule has 2 aromatic rings. The normalized spacial score (nSPS) is 15.6. The van der Waals surface area contributed by atoms with Crippen molar-refractivity contribution in [3.8, 4) is 0 Å². The number of anilines is 2. The molecule has 1 heterocycles. The lowest BCUT2D eigenvalue weighted by molar-refractivity contribution is -0.139. The molecule has 0 fully saturated rings. The van der Waals surface area contributed by atoms with E-state index in [-0.39, 0.29) is 12.6 Å². The Kier molecular flexibility index (Phi) is 8.41. The fourth-order valence-electron chi connectivity index (χ4n) is 3.65. The van der Waals surface area contributed by atoms with Crippen LogP contribution in [0.25, 0.3) is 0 Å². The van der Waals surface area contributed by atoms with E-state index in [0.29, 0.717) is 44.8 Å². The van der Waals surface area contributed by atoms with Gasteiger partial charge in [-0.1, -0.05) is 48.3 Å². The number of nitrogens with one attached hydrogen (secondary N) is 3. The molecule has 3 rings (SSSR count). The summed E-state index contributed by atoms with van der Waals surface area (Å²) < 4.78 is 5.26. The molecule has 0 spiro atoms. The molecule has 4 amide bonds. The van der Waals surface area contributed by atoms with Gasteiger partial charge in [-0.15, -0.1) is 0 Å². The highest BCUT2D eigenvalue weighted by atomic mass is 35.5. The Bertz CT molecular complexity index is 1100. The van der Waals surface area contributed by atoms with E-state index in [1.54, 1.807) is 61.2 Å². The molecule has 1 unspecified atom stereocenters. The van der Waals surface area contributed by atoms with Gasteiger partial charge in [-0.2, -0.15) is 0 Å². The van der Waals surface area contributed by atoms with Crippen molar-refractivity contribution in [2.45, 2.75) is 33.2 Å². The summed E-state index contributed by atoms with van der Waals surface area (Å²) in [7, 11) is 0. The van der Waals surface area contributed by atoms with E-state index in [0.717, 1.165) is 6.42 Å². The van der Waals surface area contributed by atoms with Crippen molar-refractivity contribution in [3.05, 3.63) is 69.3 Å². The van der Waals surface area contributed by atoms with Crippen LogP contribution in [-0.2, 0) is 9.53 Å². The van der Waals surface area contributed by atoms with Gasteiger partial charge in [0, 0.05) is 17.9 Å². The molecule has 0 saturated carbocycles. The van der Waals surface area contributed by atoms with E-state index in [1.807, 2.05) is 6.92 Å². The molecule has 0 bridgehead atoms. The maximum Gasteiger partial charge on any atom is 0.338 e. The average Bonchev–Trinajstić information content (AvgIpc) is 2.79. The van der Waals surface area contributed by atoms with E-state index in [4.69, 9.17) is 27.9 Å². The van der Waals surface area contributed by atoms with Gasteiger partial charge in [0.25, 0.3) is 0 Å². The number of allylic oxidation sites excluding steroid dienone is 1. The lowest BCUT2D eigenvalue weighted by Crippen LogP contribution is -2.48. The quantitative estimate of drug-likeness (QED) is 0.405. The number of carbonyl (C=O) groups excluding carboxylic acids is 3. The van der Waals surface area contributed by atoms with Crippen LogP contribution >= 0.6 is 23.2 Å². The number of nitrogens with zero attached hydrogens (tertiary/aromatic N) is 1. The number of carbonyl (C=O) groups is 3. The Morgan fingerprint density at radius 3 is 2.29 bits per heavy atom. The Morgan fingerprint density at radius 2 is 1.71 bits per heavy atom. The van der Waals surface area contributed by atoms with Gasteiger partial charge in [0.1, 0.15) is 0 Å². The minimum Gasteiger partial charge on any atom is -0.463 e. The summed E-state index contributed by atoms with van der Waals surface area (Å²) in [4.78, 5) is 39.4. The summed E-state index contributed by atoms with van der Waals surface area (Å²) in [5.74, 6) is -0.482. The second-order valence-electron chi connectivity index (χ2n) is 7.55. The predicted octanol–water partition coefficient (Wildman–Crippen LogP) is 5.95. The van der Waals surface area contributed by atoms with E-state index in [2.05, 4.69) is 16.0 Å². The van der Waals surface area contributed by atoms with Crippen molar-refractivity contribution in [1.82, 2.24) is 10.2 Å². The van der Waals surface area contributed by atoms with Crippen LogP contribution < -0.4 is 16.0 Å². The third-order valence-corrected chi connectivity index (χ3v) is 5.87. The molecule has 1 atom stereocenters. The number of para-hydroxylation sites is 1. The molecule has 1 aliphatic rings. The van der Waals surface area contributed by atoms with E-state index < -0.39 is 18.0 Å². The molecule has 34 heavy (non-hydrogen) atoms. The highest BCUT2D eigenvalue weighted by Crippen LogP contribution is 2.32. The van der Waals surface area contributed by atoms with E-state index in [1.165, 1.54) is 0 Å². The Hall–Kier alpha value is -3.23. The van der Waals surface area contributed by atoms with Crippen LogP contribution in [0.5, 0.6) is 0 Å². The second-order valence-corrected chi connectivity index (χ2v) is 8.37. The van der Waals surface area contributed by atoms with Crippen LogP contribution in [0.15, 0.2) is 53.7 Å². The van der Waals surface area contributed by atoms with Gasteiger partial charge >= 0.3 is 18.0 Å². The van der Waals surface area contributed by atoms with Crippen LogP contribution in [0.2, 0.25) is 10.0 Å². The van der Waals surface area contributed by atoms with Crippen LogP contribution in [-0.4, -0.2) is 36.1 Å². The van der Waals surface area contributed by atoms with Crippen molar-refractivity contribution in [3.63, 3.8) is 0 Å². The Morgan fingerprint density at radius 1 is 1.06 bits per heavy atom. The molecule has 10 heteroatoms. The number of hydrogen-bond acceptors (Lipinski definition) is 4. The summed E-state index contributed by atoms with van der Waals surface area (Å²) in [5, 5.41) is 8.85. The molecule has 0 aromatic heterocycles. The lowest BCUT2D eigenvalue weighted by Gasteiger charge is -2.35. The highest BCUT2D eigenvalue weighted by Gasteiger charge is 2.36. The zero-order chi connectivity index (χ0) is 24.8.